The van der Waals surface area contributed by atoms with Gasteiger partial charge in [0.1, 0.15) is 16.8 Å². The number of nitrogens with one attached hydrogen (secondary N) is 1. The molecule has 41 heavy (non-hydrogen) atoms. The maximum absolute atomic E-state index is 13.6. The lowest BCUT2D eigenvalue weighted by molar-refractivity contribution is -0.153. The number of hydrogen-bond acceptors (Lipinski definition) is 8. The molecule has 0 aliphatic carbocycles. The number of benzene rings is 2. The number of fused-ring (bicyclic) bond motifs is 1. The van der Waals surface area contributed by atoms with Crippen LogP contribution in [-0.2, 0) is 21.0 Å². The van der Waals surface area contributed by atoms with Crippen LogP contribution >= 0.6 is 0 Å². The molecule has 2 aromatic rings. The molecule has 226 valence electrons. The van der Waals surface area contributed by atoms with Gasteiger partial charge in [-0.25, -0.2) is 13.2 Å². The van der Waals surface area contributed by atoms with Gasteiger partial charge in [0.05, 0.1) is 17.0 Å². The lowest BCUT2D eigenvalue weighted by Gasteiger charge is -2.31. The first-order chi connectivity index (χ1) is 19.1. The van der Waals surface area contributed by atoms with Crippen molar-refractivity contribution in [2.75, 3.05) is 19.9 Å². The topological polar surface area (TPSA) is 124 Å². The molecule has 2 heterocycles. The molecule has 1 saturated heterocycles. The number of carboxylic acid groups (broad SMARTS) is 1. The number of amides is 1. The van der Waals surface area contributed by atoms with Crippen LogP contribution in [0.4, 0.5) is 18.0 Å². The van der Waals surface area contributed by atoms with Crippen LogP contribution in [0.2, 0.25) is 0 Å². The van der Waals surface area contributed by atoms with Gasteiger partial charge in [-0.05, 0) is 56.0 Å². The van der Waals surface area contributed by atoms with Crippen LogP contribution in [0.1, 0.15) is 33.3 Å². The molecule has 2 aromatic carbocycles. The highest BCUT2D eigenvalue weighted by Crippen LogP contribution is 2.37. The third-order valence-corrected chi connectivity index (χ3v) is 9.18. The molecule has 2 N–H and O–H groups in total. The summed E-state index contributed by atoms with van der Waals surface area (Å²) in [5, 5.41) is 12.1. The molecular weight excluding hydrogens is 569 g/mol. The molecule has 0 bridgehead atoms. The first kappa shape index (κ1) is 30.7. The zero-order valence-corrected chi connectivity index (χ0v) is 23.8. The number of hydrogen-bond donors (Lipinski definition) is 2. The van der Waals surface area contributed by atoms with E-state index in [2.05, 4.69) is 5.32 Å². The van der Waals surface area contributed by atoms with Gasteiger partial charge >= 0.3 is 12.3 Å². The summed E-state index contributed by atoms with van der Waals surface area (Å²) in [6, 6.07) is 9.56. The summed E-state index contributed by atoms with van der Waals surface area (Å²) >= 11 is 0. The highest BCUT2D eigenvalue weighted by molar-refractivity contribution is 7.92. The third-order valence-electron chi connectivity index (χ3n) is 6.89. The van der Waals surface area contributed by atoms with Crippen LogP contribution in [0.15, 0.2) is 47.4 Å². The van der Waals surface area contributed by atoms with E-state index >= 15 is 0 Å². The quantitative estimate of drug-likeness (QED) is 0.407. The monoisotopic (exact) mass is 602 g/mol. The predicted octanol–water partition coefficient (Wildman–Crippen LogP) is 4.43. The zero-order chi connectivity index (χ0) is 30.2. The molecule has 2 aliphatic rings. The van der Waals surface area contributed by atoms with E-state index in [1.54, 1.807) is 39.8 Å². The number of halogens is 3. The summed E-state index contributed by atoms with van der Waals surface area (Å²) < 4.78 is 86.1. The molecule has 14 heteroatoms. The minimum Gasteiger partial charge on any atom is -0.484 e. The molecule has 0 aromatic heterocycles. The van der Waals surface area contributed by atoms with Gasteiger partial charge in [-0.1, -0.05) is 26.0 Å². The first-order valence-electron chi connectivity index (χ1n) is 12.9. The molecule has 0 saturated carbocycles. The van der Waals surface area contributed by atoms with Crippen molar-refractivity contribution in [2.24, 2.45) is 5.92 Å². The fraction of sp³-hybridized carbons (Fsp3) is 0.519. The Hall–Kier alpha value is -3.23. The molecule has 10 nitrogen and oxygen atoms in total. The normalized spacial score (nSPS) is 20.8. The van der Waals surface area contributed by atoms with E-state index in [9.17, 15) is 31.5 Å². The largest absolute Gasteiger partial charge is 0.484 e. The Morgan fingerprint density at radius 1 is 1.15 bits per heavy atom. The second kappa shape index (κ2) is 11.6. The summed E-state index contributed by atoms with van der Waals surface area (Å²) in [5.41, 5.74) is -0.581. The van der Waals surface area contributed by atoms with Crippen molar-refractivity contribution in [1.29, 1.82) is 0 Å². The van der Waals surface area contributed by atoms with Crippen LogP contribution < -0.4 is 19.5 Å². The van der Waals surface area contributed by atoms with E-state index < -0.39 is 52.0 Å². The van der Waals surface area contributed by atoms with E-state index in [-0.39, 0.29) is 36.3 Å². The summed E-state index contributed by atoms with van der Waals surface area (Å²) in [5.74, 6) is 0.451. The van der Waals surface area contributed by atoms with E-state index in [0.717, 1.165) is 0 Å². The molecule has 1 amide bonds. The SMILES string of the molecule is CC(C)C(NC[C@H]1OC(C)(C)N(C(=O)O)[C@H]1Cc1ccc(OCC(F)(F)F)cc1)S(=O)(=O)c1ccc2c(c1)OCO2. The molecule has 1 fully saturated rings. The first-order valence-corrected chi connectivity index (χ1v) is 14.5. The van der Waals surface area contributed by atoms with Crippen molar-refractivity contribution in [3.8, 4) is 17.2 Å². The Labute approximate surface area is 236 Å². The van der Waals surface area contributed by atoms with Crippen molar-refractivity contribution in [3.63, 3.8) is 0 Å². The maximum atomic E-state index is 13.6. The van der Waals surface area contributed by atoms with Gasteiger partial charge in [0.15, 0.2) is 27.9 Å². The Bertz CT molecular complexity index is 1350. The van der Waals surface area contributed by atoms with Crippen molar-refractivity contribution in [2.45, 2.75) is 68.4 Å². The smallest absolute Gasteiger partial charge is 0.422 e. The minimum absolute atomic E-state index is 0.00424. The molecule has 1 unspecified atom stereocenters. The van der Waals surface area contributed by atoms with E-state index in [0.29, 0.717) is 17.1 Å². The summed E-state index contributed by atoms with van der Waals surface area (Å²) in [6.07, 6.45) is -6.27. The van der Waals surface area contributed by atoms with Gasteiger partial charge in [-0.15, -0.1) is 0 Å². The van der Waals surface area contributed by atoms with Crippen molar-refractivity contribution in [1.82, 2.24) is 10.2 Å². The third kappa shape index (κ3) is 6.99. The van der Waals surface area contributed by atoms with Crippen LogP contribution in [0.25, 0.3) is 0 Å². The number of ether oxygens (including phenoxy) is 4. The van der Waals surface area contributed by atoms with Crippen LogP contribution in [0.3, 0.4) is 0 Å². The van der Waals surface area contributed by atoms with Gasteiger partial charge < -0.3 is 24.1 Å². The Kier molecular flexibility index (Phi) is 8.67. The molecule has 3 atom stereocenters. The number of rotatable bonds is 10. The zero-order valence-electron chi connectivity index (χ0n) is 23.0. The second-order valence-electron chi connectivity index (χ2n) is 10.7. The molecule has 4 rings (SSSR count). The number of alkyl halides is 3. The van der Waals surface area contributed by atoms with E-state index in [1.165, 1.54) is 35.2 Å². The van der Waals surface area contributed by atoms with E-state index in [4.69, 9.17) is 18.9 Å². The molecule has 0 spiro atoms. The Morgan fingerprint density at radius 2 is 1.80 bits per heavy atom. The van der Waals surface area contributed by atoms with Crippen molar-refractivity contribution in [3.05, 3.63) is 48.0 Å². The fourth-order valence-corrected chi connectivity index (χ4v) is 6.96. The highest BCUT2D eigenvalue weighted by atomic mass is 32.2. The van der Waals surface area contributed by atoms with Crippen molar-refractivity contribution < 1.29 is 50.4 Å². The Balaban J connectivity index is 1.53. The predicted molar refractivity (Wildman–Crippen MR) is 141 cm³/mol. The lowest BCUT2D eigenvalue weighted by Crippen LogP contribution is -2.50. The van der Waals surface area contributed by atoms with Gasteiger partial charge in [0.25, 0.3) is 0 Å². The van der Waals surface area contributed by atoms with Crippen LogP contribution in [0.5, 0.6) is 17.2 Å². The number of carbonyl (C=O) groups is 1. The van der Waals surface area contributed by atoms with Gasteiger partial charge in [0.2, 0.25) is 6.79 Å². The maximum Gasteiger partial charge on any atom is 0.422 e. The van der Waals surface area contributed by atoms with E-state index in [1.807, 2.05) is 0 Å². The summed E-state index contributed by atoms with van der Waals surface area (Å²) in [4.78, 5) is 13.5. The lowest BCUT2D eigenvalue weighted by atomic mass is 10.00. The van der Waals surface area contributed by atoms with Crippen LogP contribution in [-0.4, -0.2) is 73.9 Å². The van der Waals surface area contributed by atoms with Gasteiger partial charge in [0, 0.05) is 12.6 Å². The molecule has 0 radical (unpaired) electrons. The molecule has 2 aliphatic heterocycles. The number of nitrogens with zero attached hydrogens (tertiary/aromatic N) is 1. The van der Waals surface area contributed by atoms with Gasteiger partial charge in [-0.2, -0.15) is 13.2 Å². The standard InChI is InChI=1S/C27H33F3N2O8S/c1-16(2)24(41(35,36)19-9-10-21-22(12-19)39-15-38-21)31-13-23-20(32(25(33)34)26(3,4)40-23)11-17-5-7-18(8-6-17)37-14-27(28,29)30/h5-10,12,16,20,23-24,31H,11,13-15H2,1-4H3,(H,33,34)/t20-,23+,24?/m0/s1. The average molecular weight is 603 g/mol. The van der Waals surface area contributed by atoms with Gasteiger partial charge in [-0.3, -0.25) is 10.2 Å². The summed E-state index contributed by atoms with van der Waals surface area (Å²) in [6.45, 7) is 5.30. The fourth-order valence-electron chi connectivity index (χ4n) is 5.11. The Morgan fingerprint density at radius 3 is 2.41 bits per heavy atom. The van der Waals surface area contributed by atoms with Crippen molar-refractivity contribution >= 4 is 15.9 Å². The van der Waals surface area contributed by atoms with Crippen LogP contribution in [0, 0.1) is 5.92 Å². The number of sulfone groups is 1. The average Bonchev–Trinajstić information content (AvgIpc) is 3.43. The minimum atomic E-state index is -4.47. The molecular formula is C27H33F3N2O8S. The highest BCUT2D eigenvalue weighted by Gasteiger charge is 2.50. The second-order valence-corrected chi connectivity index (χ2v) is 12.8. The summed E-state index contributed by atoms with van der Waals surface area (Å²) in [7, 11) is -3.90.